The molecule has 32 heavy (non-hydrogen) atoms. The minimum absolute atomic E-state index is 0.0728. The van der Waals surface area contributed by atoms with E-state index in [0.29, 0.717) is 29.7 Å². The lowest BCUT2D eigenvalue weighted by molar-refractivity contribution is -0.274. The number of aliphatic hydroxyl groups is 1. The lowest BCUT2D eigenvalue weighted by atomic mass is 10.1. The zero-order valence-corrected chi connectivity index (χ0v) is 17.0. The fourth-order valence-electron chi connectivity index (χ4n) is 3.56. The standard InChI is InChI=1S/C21H20F3N5O3/c1-29-11-13(10-25-29)19-26-16(12-5-7-14(8-6-12)32-21(22,23)24)9-17(27-19)20(31)28-15-3-2-4-18(15)30/h5-11,15,18,30H,2-4H2,1H3,(H,28,31). The molecule has 3 aromatic rings. The normalized spacial score (nSPS) is 18.5. The molecule has 2 heterocycles. The second-order valence-electron chi connectivity index (χ2n) is 7.52. The summed E-state index contributed by atoms with van der Waals surface area (Å²) in [4.78, 5) is 21.7. The molecule has 1 aliphatic carbocycles. The van der Waals surface area contributed by atoms with Gasteiger partial charge in [0.1, 0.15) is 11.4 Å². The van der Waals surface area contributed by atoms with E-state index in [1.165, 1.54) is 30.3 Å². The minimum Gasteiger partial charge on any atom is -0.406 e. The smallest absolute Gasteiger partial charge is 0.406 e. The lowest BCUT2D eigenvalue weighted by Gasteiger charge is -2.16. The van der Waals surface area contributed by atoms with Crippen LogP contribution in [0.1, 0.15) is 29.8 Å². The number of carbonyl (C=O) groups is 1. The molecule has 0 radical (unpaired) electrons. The van der Waals surface area contributed by atoms with Crippen LogP contribution in [0.5, 0.6) is 5.75 Å². The highest BCUT2D eigenvalue weighted by atomic mass is 19.4. The molecule has 4 rings (SSSR count). The second-order valence-corrected chi connectivity index (χ2v) is 7.52. The van der Waals surface area contributed by atoms with Gasteiger partial charge < -0.3 is 15.2 Å². The van der Waals surface area contributed by atoms with Gasteiger partial charge >= 0.3 is 6.36 Å². The highest BCUT2D eigenvalue weighted by Crippen LogP contribution is 2.27. The van der Waals surface area contributed by atoms with Gasteiger partial charge in [-0.25, -0.2) is 9.97 Å². The first kappa shape index (κ1) is 21.8. The molecular weight excluding hydrogens is 427 g/mol. The van der Waals surface area contributed by atoms with Crippen molar-refractivity contribution in [3.8, 4) is 28.4 Å². The zero-order chi connectivity index (χ0) is 22.9. The molecule has 2 atom stereocenters. The fraction of sp³-hybridized carbons (Fsp3) is 0.333. The summed E-state index contributed by atoms with van der Waals surface area (Å²) in [6.45, 7) is 0. The highest BCUT2D eigenvalue weighted by molar-refractivity contribution is 5.94. The minimum atomic E-state index is -4.79. The summed E-state index contributed by atoms with van der Waals surface area (Å²) in [7, 11) is 1.72. The number of carbonyl (C=O) groups excluding carboxylic acids is 1. The summed E-state index contributed by atoms with van der Waals surface area (Å²) in [5.74, 6) is -0.596. The first-order valence-corrected chi connectivity index (χ1v) is 9.91. The number of amides is 1. The Labute approximate surface area is 181 Å². The monoisotopic (exact) mass is 447 g/mol. The van der Waals surface area contributed by atoms with Crippen molar-refractivity contribution in [2.24, 2.45) is 7.05 Å². The van der Waals surface area contributed by atoms with Gasteiger partial charge in [0.05, 0.1) is 29.6 Å². The number of nitrogens with zero attached hydrogens (tertiary/aromatic N) is 4. The maximum Gasteiger partial charge on any atom is 0.573 e. The first-order chi connectivity index (χ1) is 15.2. The number of alkyl halides is 3. The Balaban J connectivity index is 1.68. The van der Waals surface area contributed by atoms with Crippen molar-refractivity contribution in [1.82, 2.24) is 25.1 Å². The Kier molecular flexibility index (Phi) is 5.83. The molecule has 1 saturated carbocycles. The number of aliphatic hydroxyl groups excluding tert-OH is 1. The number of aromatic nitrogens is 4. The molecule has 0 spiro atoms. The number of ether oxygens (including phenoxy) is 1. The zero-order valence-electron chi connectivity index (χ0n) is 17.0. The molecule has 2 N–H and O–H groups in total. The average molecular weight is 447 g/mol. The molecule has 0 saturated heterocycles. The molecule has 2 aromatic heterocycles. The second kappa shape index (κ2) is 8.58. The van der Waals surface area contributed by atoms with E-state index in [1.54, 1.807) is 24.1 Å². The van der Waals surface area contributed by atoms with Gasteiger partial charge in [0.15, 0.2) is 5.82 Å². The van der Waals surface area contributed by atoms with Crippen LogP contribution in [0.3, 0.4) is 0 Å². The molecule has 0 bridgehead atoms. The summed E-state index contributed by atoms with van der Waals surface area (Å²) < 4.78 is 42.8. The van der Waals surface area contributed by atoms with Crippen LogP contribution in [-0.4, -0.2) is 49.3 Å². The number of hydrogen-bond acceptors (Lipinski definition) is 6. The number of nitrogens with one attached hydrogen (secondary N) is 1. The van der Waals surface area contributed by atoms with E-state index < -0.39 is 18.4 Å². The largest absolute Gasteiger partial charge is 0.573 e. The van der Waals surface area contributed by atoms with Crippen molar-refractivity contribution < 1.29 is 27.8 Å². The summed E-state index contributed by atoms with van der Waals surface area (Å²) in [5.41, 5.74) is 1.46. The van der Waals surface area contributed by atoms with Crippen LogP contribution < -0.4 is 10.1 Å². The van der Waals surface area contributed by atoms with E-state index in [4.69, 9.17) is 0 Å². The summed E-state index contributed by atoms with van der Waals surface area (Å²) in [6, 6.07) is 6.27. The lowest BCUT2D eigenvalue weighted by Crippen LogP contribution is -2.40. The Morgan fingerprint density at radius 3 is 2.53 bits per heavy atom. The van der Waals surface area contributed by atoms with Crippen LogP contribution in [0.25, 0.3) is 22.6 Å². The Bertz CT molecular complexity index is 1110. The van der Waals surface area contributed by atoms with Crippen LogP contribution in [0.15, 0.2) is 42.7 Å². The van der Waals surface area contributed by atoms with Crippen LogP contribution in [0.2, 0.25) is 0 Å². The third-order valence-electron chi connectivity index (χ3n) is 5.10. The third-order valence-corrected chi connectivity index (χ3v) is 5.10. The molecule has 168 valence electrons. The van der Waals surface area contributed by atoms with Crippen molar-refractivity contribution in [3.63, 3.8) is 0 Å². The summed E-state index contributed by atoms with van der Waals surface area (Å²) >= 11 is 0. The average Bonchev–Trinajstić information content (AvgIpc) is 3.35. The quantitative estimate of drug-likeness (QED) is 0.623. The van der Waals surface area contributed by atoms with Gasteiger partial charge in [0, 0.05) is 18.8 Å². The van der Waals surface area contributed by atoms with Crippen LogP contribution >= 0.6 is 0 Å². The van der Waals surface area contributed by atoms with Crippen LogP contribution in [-0.2, 0) is 7.05 Å². The number of hydrogen-bond donors (Lipinski definition) is 2. The predicted molar refractivity (Wildman–Crippen MR) is 107 cm³/mol. The van der Waals surface area contributed by atoms with E-state index in [9.17, 15) is 23.1 Å². The van der Waals surface area contributed by atoms with Crippen molar-refractivity contribution in [1.29, 1.82) is 0 Å². The predicted octanol–water partition coefficient (Wildman–Crippen LogP) is 3.09. The molecule has 2 unspecified atom stereocenters. The maximum atomic E-state index is 12.9. The Hall–Kier alpha value is -3.47. The van der Waals surface area contributed by atoms with Gasteiger partial charge in [-0.2, -0.15) is 5.10 Å². The van der Waals surface area contributed by atoms with Crippen molar-refractivity contribution in [2.75, 3.05) is 0 Å². The van der Waals surface area contributed by atoms with Gasteiger partial charge in [0.2, 0.25) is 0 Å². The van der Waals surface area contributed by atoms with Crippen LogP contribution in [0.4, 0.5) is 13.2 Å². The SMILES string of the molecule is Cn1cc(-c2nc(C(=O)NC3CCCC3O)cc(-c3ccc(OC(F)(F)F)cc3)n2)cn1. The number of benzene rings is 1. The van der Waals surface area contributed by atoms with E-state index in [0.717, 1.165) is 6.42 Å². The Morgan fingerprint density at radius 1 is 1.19 bits per heavy atom. The van der Waals surface area contributed by atoms with Crippen LogP contribution in [0, 0.1) is 0 Å². The summed E-state index contributed by atoms with van der Waals surface area (Å²) in [5, 5.41) is 16.9. The van der Waals surface area contributed by atoms with Gasteiger partial charge in [-0.1, -0.05) is 0 Å². The van der Waals surface area contributed by atoms with E-state index >= 15 is 0 Å². The van der Waals surface area contributed by atoms with E-state index in [-0.39, 0.29) is 23.3 Å². The Morgan fingerprint density at radius 2 is 1.94 bits per heavy atom. The van der Waals surface area contributed by atoms with Gasteiger partial charge in [-0.05, 0) is 49.6 Å². The molecule has 0 aliphatic heterocycles. The first-order valence-electron chi connectivity index (χ1n) is 9.91. The fourth-order valence-corrected chi connectivity index (χ4v) is 3.56. The molecular formula is C21H20F3N5O3. The topological polar surface area (TPSA) is 102 Å². The molecule has 11 heteroatoms. The van der Waals surface area contributed by atoms with Crippen molar-refractivity contribution in [2.45, 2.75) is 37.8 Å². The van der Waals surface area contributed by atoms with Crippen molar-refractivity contribution >= 4 is 5.91 Å². The molecule has 1 aromatic carbocycles. The molecule has 8 nitrogen and oxygen atoms in total. The molecule has 1 amide bonds. The number of aryl methyl sites for hydroxylation is 1. The third kappa shape index (κ3) is 5.05. The van der Waals surface area contributed by atoms with Crippen molar-refractivity contribution in [3.05, 3.63) is 48.4 Å². The highest BCUT2D eigenvalue weighted by Gasteiger charge is 2.31. The van der Waals surface area contributed by atoms with E-state index in [2.05, 4.69) is 25.1 Å². The molecule has 1 fully saturated rings. The number of rotatable bonds is 5. The van der Waals surface area contributed by atoms with E-state index in [1.807, 2.05) is 0 Å². The number of halogens is 3. The van der Waals surface area contributed by atoms with Gasteiger partial charge in [0.25, 0.3) is 5.91 Å². The maximum absolute atomic E-state index is 12.9. The van der Waals surface area contributed by atoms with Gasteiger partial charge in [-0.15, -0.1) is 13.2 Å². The summed E-state index contributed by atoms with van der Waals surface area (Å²) in [6.07, 6.45) is -0.0779. The molecule has 1 aliphatic rings. The van der Waals surface area contributed by atoms with Gasteiger partial charge in [-0.3, -0.25) is 9.48 Å².